The van der Waals surface area contributed by atoms with Crippen LogP contribution in [0, 0.1) is 0 Å². The van der Waals surface area contributed by atoms with Gasteiger partial charge in [-0.05, 0) is 36.1 Å². The standard InChI is InChI=1S/C25H25N3O3S2/c29-24(26-17-9-14-20-10-3-1-4-11-20)19-32-25-27-33(30,31)23-16-8-7-15-22(23)28(25)18-21-12-5-2-6-13-21/h1-8,10-13,15-16H,9,14,17-19H2,(H,26,29). The highest BCUT2D eigenvalue weighted by molar-refractivity contribution is 8.15. The molecular formula is C25H25N3O3S2. The van der Waals surface area contributed by atoms with Crippen LogP contribution >= 0.6 is 11.8 Å². The number of rotatable bonds is 8. The number of carbonyl (C=O) groups excluding carboxylic acids is 1. The van der Waals surface area contributed by atoms with Crippen LogP contribution in [0.2, 0.25) is 0 Å². The third-order valence-electron chi connectivity index (χ3n) is 5.19. The van der Waals surface area contributed by atoms with E-state index in [0.717, 1.165) is 30.2 Å². The van der Waals surface area contributed by atoms with Crippen molar-refractivity contribution >= 4 is 38.5 Å². The number of sulfonamides is 1. The predicted octanol–water partition coefficient (Wildman–Crippen LogP) is 4.23. The zero-order valence-electron chi connectivity index (χ0n) is 18.1. The van der Waals surface area contributed by atoms with Crippen molar-refractivity contribution in [1.29, 1.82) is 0 Å². The third-order valence-corrected chi connectivity index (χ3v) is 7.59. The Hall–Kier alpha value is -3.10. The average Bonchev–Trinajstić information content (AvgIpc) is 2.84. The number of thioether (sulfide) groups is 1. The molecule has 0 radical (unpaired) electrons. The van der Waals surface area contributed by atoms with E-state index in [-0.39, 0.29) is 16.6 Å². The number of amidine groups is 1. The van der Waals surface area contributed by atoms with Gasteiger partial charge in [-0.2, -0.15) is 8.42 Å². The van der Waals surface area contributed by atoms with Gasteiger partial charge in [-0.25, -0.2) is 0 Å². The van der Waals surface area contributed by atoms with Gasteiger partial charge >= 0.3 is 0 Å². The summed E-state index contributed by atoms with van der Waals surface area (Å²) in [5, 5.41) is 3.22. The lowest BCUT2D eigenvalue weighted by Gasteiger charge is -2.30. The van der Waals surface area contributed by atoms with Crippen LogP contribution in [0.25, 0.3) is 0 Å². The van der Waals surface area contributed by atoms with Gasteiger partial charge in [0.2, 0.25) is 5.91 Å². The number of amides is 1. The molecule has 0 spiro atoms. The van der Waals surface area contributed by atoms with E-state index < -0.39 is 10.0 Å². The van der Waals surface area contributed by atoms with Gasteiger partial charge < -0.3 is 10.2 Å². The van der Waals surface area contributed by atoms with Crippen molar-refractivity contribution in [1.82, 2.24) is 5.32 Å². The summed E-state index contributed by atoms with van der Waals surface area (Å²) in [5.74, 6) is -0.0562. The van der Waals surface area contributed by atoms with Crippen LogP contribution < -0.4 is 10.2 Å². The monoisotopic (exact) mass is 479 g/mol. The number of fused-ring (bicyclic) bond motifs is 1. The Morgan fingerprint density at radius 3 is 2.24 bits per heavy atom. The fourth-order valence-corrected chi connectivity index (χ4v) is 5.85. The van der Waals surface area contributed by atoms with Crippen LogP contribution in [-0.4, -0.2) is 31.8 Å². The van der Waals surface area contributed by atoms with Crippen LogP contribution in [0.15, 0.2) is 94.2 Å². The Bertz CT molecular complexity index is 1230. The number of nitrogens with one attached hydrogen (secondary N) is 1. The van der Waals surface area contributed by atoms with Crippen LogP contribution in [0.1, 0.15) is 17.5 Å². The van der Waals surface area contributed by atoms with E-state index in [4.69, 9.17) is 0 Å². The van der Waals surface area contributed by atoms with Crippen LogP contribution in [0.4, 0.5) is 5.69 Å². The van der Waals surface area contributed by atoms with Crippen LogP contribution in [-0.2, 0) is 27.8 Å². The lowest BCUT2D eigenvalue weighted by atomic mass is 10.1. The molecule has 1 amide bonds. The largest absolute Gasteiger partial charge is 0.355 e. The summed E-state index contributed by atoms with van der Waals surface area (Å²) in [6.07, 6.45) is 1.73. The maximum absolute atomic E-state index is 12.7. The molecular weight excluding hydrogens is 454 g/mol. The second-order valence-electron chi connectivity index (χ2n) is 7.62. The first-order valence-corrected chi connectivity index (χ1v) is 13.1. The summed E-state index contributed by atoms with van der Waals surface area (Å²) in [7, 11) is -3.82. The summed E-state index contributed by atoms with van der Waals surface area (Å²) in [4.78, 5) is 14.5. The Morgan fingerprint density at radius 2 is 1.52 bits per heavy atom. The Balaban J connectivity index is 1.41. The summed E-state index contributed by atoms with van der Waals surface area (Å²) in [5.41, 5.74) is 2.82. The number of aryl methyl sites for hydroxylation is 1. The van der Waals surface area contributed by atoms with Crippen molar-refractivity contribution in [3.05, 3.63) is 96.1 Å². The zero-order valence-corrected chi connectivity index (χ0v) is 19.7. The van der Waals surface area contributed by atoms with E-state index in [1.807, 2.05) is 53.4 Å². The maximum atomic E-state index is 12.7. The van der Waals surface area contributed by atoms with Crippen molar-refractivity contribution in [3.8, 4) is 0 Å². The van der Waals surface area contributed by atoms with Crippen LogP contribution in [0.3, 0.4) is 0 Å². The molecule has 3 aromatic rings. The van der Waals surface area contributed by atoms with E-state index in [1.165, 1.54) is 5.56 Å². The highest BCUT2D eigenvalue weighted by atomic mass is 32.2. The minimum atomic E-state index is -3.82. The molecule has 1 heterocycles. The lowest BCUT2D eigenvalue weighted by Crippen LogP contribution is -2.35. The topological polar surface area (TPSA) is 78.8 Å². The predicted molar refractivity (Wildman–Crippen MR) is 134 cm³/mol. The summed E-state index contributed by atoms with van der Waals surface area (Å²) in [6.45, 7) is 1.02. The van der Waals surface area contributed by atoms with Crippen molar-refractivity contribution in [2.45, 2.75) is 24.3 Å². The fourth-order valence-electron chi connectivity index (χ4n) is 3.57. The molecule has 0 unspecified atom stereocenters. The van der Waals surface area contributed by atoms with Gasteiger partial charge in [0, 0.05) is 6.54 Å². The fraction of sp³-hybridized carbons (Fsp3) is 0.200. The van der Waals surface area contributed by atoms with Crippen molar-refractivity contribution in [3.63, 3.8) is 0 Å². The van der Waals surface area contributed by atoms with Gasteiger partial charge in [0.1, 0.15) is 4.90 Å². The van der Waals surface area contributed by atoms with Gasteiger partial charge in [0.25, 0.3) is 10.0 Å². The number of nitrogens with zero attached hydrogens (tertiary/aromatic N) is 2. The van der Waals surface area contributed by atoms with E-state index >= 15 is 0 Å². The molecule has 0 aromatic heterocycles. The smallest absolute Gasteiger partial charge is 0.286 e. The Kier molecular flexibility index (Phi) is 7.47. The molecule has 1 N–H and O–H groups in total. The number of para-hydroxylation sites is 1. The maximum Gasteiger partial charge on any atom is 0.286 e. The molecule has 0 saturated heterocycles. The normalized spacial score (nSPS) is 14.3. The molecule has 33 heavy (non-hydrogen) atoms. The average molecular weight is 480 g/mol. The summed E-state index contributed by atoms with van der Waals surface area (Å²) in [6, 6.07) is 26.7. The molecule has 6 nitrogen and oxygen atoms in total. The number of hydrogen-bond donors (Lipinski definition) is 1. The summed E-state index contributed by atoms with van der Waals surface area (Å²) >= 11 is 1.14. The Labute approximate surface area is 198 Å². The van der Waals surface area contributed by atoms with Gasteiger partial charge in [0.15, 0.2) is 5.17 Å². The van der Waals surface area contributed by atoms with Gasteiger partial charge in [-0.1, -0.05) is 84.6 Å². The number of carbonyl (C=O) groups is 1. The van der Waals surface area contributed by atoms with Crippen molar-refractivity contribution in [2.24, 2.45) is 4.40 Å². The van der Waals surface area contributed by atoms with Gasteiger partial charge in [0.05, 0.1) is 18.0 Å². The minimum Gasteiger partial charge on any atom is -0.355 e. The highest BCUT2D eigenvalue weighted by Crippen LogP contribution is 2.35. The highest BCUT2D eigenvalue weighted by Gasteiger charge is 2.31. The Morgan fingerprint density at radius 1 is 0.879 bits per heavy atom. The van der Waals surface area contributed by atoms with E-state index in [9.17, 15) is 13.2 Å². The first kappa shape index (κ1) is 23.1. The second-order valence-corrected chi connectivity index (χ2v) is 10.1. The van der Waals surface area contributed by atoms with E-state index in [1.54, 1.807) is 24.3 Å². The molecule has 0 atom stereocenters. The first-order chi connectivity index (χ1) is 16.0. The van der Waals surface area contributed by atoms with E-state index in [2.05, 4.69) is 21.8 Å². The van der Waals surface area contributed by atoms with E-state index in [0.29, 0.717) is 23.9 Å². The number of anilines is 1. The molecule has 0 aliphatic carbocycles. The molecule has 0 saturated carbocycles. The van der Waals surface area contributed by atoms with Crippen LogP contribution in [0.5, 0.6) is 0 Å². The molecule has 8 heteroatoms. The molecule has 170 valence electrons. The third kappa shape index (κ3) is 6.03. The molecule has 1 aliphatic rings. The van der Waals surface area contributed by atoms with Crippen molar-refractivity contribution in [2.75, 3.05) is 17.2 Å². The zero-order chi connectivity index (χ0) is 23.1. The number of hydrogen-bond acceptors (Lipinski definition) is 5. The van der Waals surface area contributed by atoms with Crippen molar-refractivity contribution < 1.29 is 13.2 Å². The molecule has 3 aromatic carbocycles. The molecule has 4 rings (SSSR count). The first-order valence-electron chi connectivity index (χ1n) is 10.7. The van der Waals surface area contributed by atoms with Gasteiger partial charge in [-0.15, -0.1) is 4.40 Å². The van der Waals surface area contributed by atoms with Gasteiger partial charge in [-0.3, -0.25) is 4.79 Å². The minimum absolute atomic E-state index is 0.0904. The quantitative estimate of drug-likeness (QED) is 0.489. The lowest BCUT2D eigenvalue weighted by molar-refractivity contribution is -0.118. The summed E-state index contributed by atoms with van der Waals surface area (Å²) < 4.78 is 29.5. The number of benzene rings is 3. The molecule has 1 aliphatic heterocycles. The SMILES string of the molecule is O=C(CSC1=NS(=O)(=O)c2ccccc2N1Cc1ccccc1)NCCCc1ccccc1. The molecule has 0 fully saturated rings. The molecule has 0 bridgehead atoms. The second kappa shape index (κ2) is 10.7.